The molecule has 2 aliphatic heterocycles. The Morgan fingerprint density at radius 1 is 1.42 bits per heavy atom. The van der Waals surface area contributed by atoms with E-state index >= 15 is 0 Å². The molecule has 1 saturated carbocycles. The van der Waals surface area contributed by atoms with Gasteiger partial charge in [0.1, 0.15) is 0 Å². The maximum Gasteiger partial charge on any atom is 0.276 e. The average molecular weight is 330 g/mol. The van der Waals surface area contributed by atoms with Gasteiger partial charge in [0, 0.05) is 31.9 Å². The molecule has 0 radical (unpaired) electrons. The third-order valence-corrected chi connectivity index (χ3v) is 6.15. The van der Waals surface area contributed by atoms with Crippen molar-refractivity contribution in [1.82, 2.24) is 20.3 Å². The second-order valence-electron chi connectivity index (χ2n) is 7.89. The molecule has 1 aliphatic carbocycles. The number of amides is 1. The molecular formula is C18H26N4O2. The van der Waals surface area contributed by atoms with Crippen molar-refractivity contribution in [3.05, 3.63) is 29.1 Å². The van der Waals surface area contributed by atoms with E-state index in [0.717, 1.165) is 30.8 Å². The van der Waals surface area contributed by atoms with Crippen LogP contribution in [-0.4, -0.2) is 58.6 Å². The molecule has 1 spiro atoms. The smallest absolute Gasteiger partial charge is 0.276 e. The summed E-state index contributed by atoms with van der Waals surface area (Å²) in [6, 6.07) is 2.55. The average Bonchev–Trinajstić information content (AvgIpc) is 2.58. The van der Waals surface area contributed by atoms with E-state index in [1.165, 1.54) is 38.8 Å². The molecule has 24 heavy (non-hydrogen) atoms. The van der Waals surface area contributed by atoms with Gasteiger partial charge < -0.3 is 4.90 Å². The number of carbonyl (C=O) groups is 1. The van der Waals surface area contributed by atoms with Crippen LogP contribution < -0.4 is 5.48 Å². The van der Waals surface area contributed by atoms with Crippen LogP contribution in [-0.2, 0) is 13.0 Å². The summed E-state index contributed by atoms with van der Waals surface area (Å²) >= 11 is 0. The van der Waals surface area contributed by atoms with Crippen LogP contribution in [0.5, 0.6) is 0 Å². The van der Waals surface area contributed by atoms with Crippen LogP contribution in [0.15, 0.2) is 12.3 Å². The number of likely N-dealkylation sites (tertiary alicyclic amines) is 1. The van der Waals surface area contributed by atoms with E-state index in [0.29, 0.717) is 17.0 Å². The first-order valence-electron chi connectivity index (χ1n) is 8.93. The van der Waals surface area contributed by atoms with Crippen LogP contribution in [0.1, 0.15) is 47.3 Å². The third kappa shape index (κ3) is 2.83. The van der Waals surface area contributed by atoms with Gasteiger partial charge in [0.25, 0.3) is 5.91 Å². The molecule has 6 heteroatoms. The number of carbonyl (C=O) groups excluding carboxylic acids is 1. The summed E-state index contributed by atoms with van der Waals surface area (Å²) < 4.78 is 0. The second-order valence-corrected chi connectivity index (χ2v) is 7.89. The molecule has 1 saturated heterocycles. The van der Waals surface area contributed by atoms with Gasteiger partial charge in [-0.3, -0.25) is 19.9 Å². The van der Waals surface area contributed by atoms with Crippen molar-refractivity contribution in [3.63, 3.8) is 0 Å². The van der Waals surface area contributed by atoms with Crippen LogP contribution in [0.4, 0.5) is 0 Å². The monoisotopic (exact) mass is 330 g/mol. The quantitative estimate of drug-likeness (QED) is 0.634. The number of rotatable bonds is 2. The largest absolute Gasteiger partial charge is 0.306 e. The molecule has 0 unspecified atom stereocenters. The van der Waals surface area contributed by atoms with Gasteiger partial charge in [0.15, 0.2) is 0 Å². The van der Waals surface area contributed by atoms with Crippen LogP contribution in [0.3, 0.4) is 0 Å². The minimum Gasteiger partial charge on any atom is -0.306 e. The molecule has 3 heterocycles. The van der Waals surface area contributed by atoms with Crippen molar-refractivity contribution in [2.75, 3.05) is 26.7 Å². The zero-order chi connectivity index (χ0) is 16.7. The highest BCUT2D eigenvalue weighted by Gasteiger charge is 2.48. The van der Waals surface area contributed by atoms with Crippen LogP contribution in [0, 0.1) is 5.41 Å². The Morgan fingerprint density at radius 3 is 3.00 bits per heavy atom. The summed E-state index contributed by atoms with van der Waals surface area (Å²) in [6.45, 7) is 4.42. The Bertz CT molecular complexity index is 642. The number of nitrogens with zero attached hydrogens (tertiary/aromatic N) is 3. The Labute approximate surface area is 142 Å². The number of hydrogen-bond donors (Lipinski definition) is 2. The Kier molecular flexibility index (Phi) is 4.06. The van der Waals surface area contributed by atoms with E-state index < -0.39 is 5.91 Å². The molecule has 0 bridgehead atoms. The predicted molar refractivity (Wildman–Crippen MR) is 89.8 cm³/mol. The highest BCUT2D eigenvalue weighted by Crippen LogP contribution is 2.49. The second kappa shape index (κ2) is 6.10. The molecule has 1 aromatic heterocycles. The highest BCUT2D eigenvalue weighted by atomic mass is 16.5. The minimum absolute atomic E-state index is 0.428. The highest BCUT2D eigenvalue weighted by molar-refractivity contribution is 5.93. The van der Waals surface area contributed by atoms with Gasteiger partial charge in [0.2, 0.25) is 0 Å². The van der Waals surface area contributed by atoms with E-state index in [4.69, 9.17) is 5.21 Å². The van der Waals surface area contributed by atoms with E-state index in [1.807, 2.05) is 6.07 Å². The Balaban J connectivity index is 1.40. The lowest BCUT2D eigenvalue weighted by Gasteiger charge is -2.56. The fraction of sp³-hybridized carbons (Fsp3) is 0.667. The summed E-state index contributed by atoms with van der Waals surface area (Å²) in [7, 11) is 2.25. The number of piperidine rings is 1. The fourth-order valence-corrected chi connectivity index (χ4v) is 4.92. The van der Waals surface area contributed by atoms with Crippen LogP contribution in [0.2, 0.25) is 0 Å². The van der Waals surface area contributed by atoms with Crippen molar-refractivity contribution in [2.45, 2.75) is 44.7 Å². The van der Waals surface area contributed by atoms with Crippen LogP contribution in [0.25, 0.3) is 0 Å². The molecule has 1 amide bonds. The molecule has 0 atom stereocenters. The molecular weight excluding hydrogens is 304 g/mol. The summed E-state index contributed by atoms with van der Waals surface area (Å²) in [5.41, 5.74) is 4.89. The van der Waals surface area contributed by atoms with E-state index in [9.17, 15) is 4.79 Å². The number of aromatic nitrogens is 1. The Hall–Kier alpha value is -1.50. The Morgan fingerprint density at radius 2 is 2.25 bits per heavy atom. The number of hydroxylamine groups is 1. The lowest BCUT2D eigenvalue weighted by atomic mass is 9.61. The van der Waals surface area contributed by atoms with E-state index in [1.54, 1.807) is 11.7 Å². The molecule has 0 aromatic carbocycles. The zero-order valence-electron chi connectivity index (χ0n) is 14.3. The van der Waals surface area contributed by atoms with Gasteiger partial charge in [-0.15, -0.1) is 0 Å². The topological polar surface area (TPSA) is 68.7 Å². The standard InChI is InChI=1S/C18H26N4O2/c1-21-5-2-4-18(12-21)8-15(9-18)22-6-3-13-7-14(17(23)20-24)10-19-16(13)11-22/h7,10,15,24H,2-6,8-9,11-12H2,1H3,(H,20,23). The normalized spacial score (nSPS) is 30.7. The summed E-state index contributed by atoms with van der Waals surface area (Å²) in [5.74, 6) is -0.491. The van der Waals surface area contributed by atoms with Crippen molar-refractivity contribution in [2.24, 2.45) is 5.41 Å². The summed E-state index contributed by atoms with van der Waals surface area (Å²) in [4.78, 5) is 21.0. The lowest BCUT2D eigenvalue weighted by Crippen LogP contribution is -2.57. The predicted octanol–water partition coefficient (Wildman–Crippen LogP) is 1.43. The van der Waals surface area contributed by atoms with Crippen LogP contribution >= 0.6 is 0 Å². The maximum absolute atomic E-state index is 11.5. The number of nitrogens with one attached hydrogen (secondary N) is 1. The molecule has 2 N–H and O–H groups in total. The van der Waals surface area contributed by atoms with Crippen molar-refractivity contribution in [1.29, 1.82) is 0 Å². The van der Waals surface area contributed by atoms with Gasteiger partial charge in [-0.25, -0.2) is 5.48 Å². The van der Waals surface area contributed by atoms with E-state index in [2.05, 4.69) is 21.8 Å². The summed E-state index contributed by atoms with van der Waals surface area (Å²) in [5, 5.41) is 8.75. The maximum atomic E-state index is 11.5. The third-order valence-electron chi connectivity index (χ3n) is 6.15. The minimum atomic E-state index is -0.491. The van der Waals surface area contributed by atoms with Crippen molar-refractivity contribution >= 4 is 5.91 Å². The number of hydrogen-bond acceptors (Lipinski definition) is 5. The molecule has 2 fully saturated rings. The van der Waals surface area contributed by atoms with Gasteiger partial charge in [-0.2, -0.15) is 0 Å². The van der Waals surface area contributed by atoms with Gasteiger partial charge in [-0.05, 0) is 62.7 Å². The van der Waals surface area contributed by atoms with Crippen molar-refractivity contribution in [3.8, 4) is 0 Å². The molecule has 130 valence electrons. The first-order valence-corrected chi connectivity index (χ1v) is 8.93. The van der Waals surface area contributed by atoms with Gasteiger partial charge >= 0.3 is 0 Å². The number of pyridine rings is 1. The van der Waals surface area contributed by atoms with Crippen molar-refractivity contribution < 1.29 is 10.0 Å². The first-order chi connectivity index (χ1) is 11.6. The van der Waals surface area contributed by atoms with Gasteiger partial charge in [-0.1, -0.05) is 0 Å². The lowest BCUT2D eigenvalue weighted by molar-refractivity contribution is -0.0492. The molecule has 6 nitrogen and oxygen atoms in total. The molecule has 4 rings (SSSR count). The fourth-order valence-electron chi connectivity index (χ4n) is 4.92. The molecule has 3 aliphatic rings. The number of fused-ring (bicyclic) bond motifs is 1. The van der Waals surface area contributed by atoms with E-state index in [-0.39, 0.29) is 0 Å². The molecule has 1 aromatic rings. The zero-order valence-corrected chi connectivity index (χ0v) is 14.3. The SMILES string of the molecule is CN1CCCC2(CC(N3CCc4cc(C(=O)NO)cnc4C3)C2)C1. The first kappa shape index (κ1) is 16.0. The summed E-state index contributed by atoms with van der Waals surface area (Å²) in [6.07, 6.45) is 7.85. The van der Waals surface area contributed by atoms with Gasteiger partial charge in [0.05, 0.1) is 11.3 Å².